The van der Waals surface area contributed by atoms with Crippen molar-refractivity contribution >= 4 is 59.2 Å². The quantitative estimate of drug-likeness (QED) is 0.0410. The number of unbranched alkanes of at least 4 members (excludes halogenated alkanes) is 10. The molecule has 0 aliphatic carbocycles. The number of hydrogen-bond acceptors (Lipinski definition) is 11. The van der Waals surface area contributed by atoms with Crippen LogP contribution in [0.15, 0.2) is 0 Å². The smallest absolute Gasteiger partial charge is 0.329 e. The Balaban J connectivity index is 3.93. The molecule has 0 radical (unpaired) electrons. The van der Waals surface area contributed by atoms with Crippen LogP contribution in [0.5, 0.6) is 0 Å². The van der Waals surface area contributed by atoms with E-state index in [1.165, 1.54) is 32.1 Å². The van der Waals surface area contributed by atoms with Gasteiger partial charge in [0.1, 0.15) is 48.4 Å². The highest BCUT2D eigenvalue weighted by molar-refractivity contribution is 5.98. The number of carboxylic acid groups (broad SMARTS) is 1. The number of nitrogens with one attached hydrogen (secondary N) is 7. The normalized spacial score (nSPS) is 24.1. The van der Waals surface area contributed by atoms with Crippen LogP contribution in [0.2, 0.25) is 0 Å². The van der Waals surface area contributed by atoms with E-state index in [4.69, 9.17) is 10.5 Å². The Hall–Kier alpha value is -5.30. The predicted molar refractivity (Wildman–Crippen MR) is 282 cm³/mol. The molecule has 0 aromatic rings. The van der Waals surface area contributed by atoms with Crippen molar-refractivity contribution in [3.63, 3.8) is 0 Å². The molecule has 20 nitrogen and oxygen atoms in total. The third kappa shape index (κ3) is 27.3. The molecular weight excluding hydrogens is 953 g/mol. The molecule has 0 saturated carbocycles. The zero-order valence-electron chi connectivity index (χ0n) is 46.7. The van der Waals surface area contributed by atoms with Gasteiger partial charge >= 0.3 is 11.9 Å². The van der Waals surface area contributed by atoms with E-state index >= 15 is 0 Å². The second kappa shape index (κ2) is 35.8. The van der Waals surface area contributed by atoms with Crippen molar-refractivity contribution in [1.29, 1.82) is 0 Å². The van der Waals surface area contributed by atoms with Crippen LogP contribution in [-0.2, 0) is 52.7 Å². The topological polar surface area (TPSA) is 310 Å². The van der Waals surface area contributed by atoms with Crippen LogP contribution in [0.4, 0.5) is 0 Å². The van der Waals surface area contributed by atoms with Crippen LogP contribution < -0.4 is 43.0 Å². The van der Waals surface area contributed by atoms with E-state index in [-0.39, 0.29) is 56.3 Å². The average molecular weight is 1050 g/mol. The van der Waals surface area contributed by atoms with Crippen LogP contribution in [0.3, 0.4) is 0 Å². The number of esters is 1. The van der Waals surface area contributed by atoms with Crippen molar-refractivity contribution in [3.05, 3.63) is 0 Å². The van der Waals surface area contributed by atoms with Gasteiger partial charge in [-0.1, -0.05) is 147 Å². The summed E-state index contributed by atoms with van der Waals surface area (Å²) >= 11 is 0. The van der Waals surface area contributed by atoms with Gasteiger partial charge in [-0.25, -0.2) is 4.79 Å². The fourth-order valence-electron chi connectivity index (χ4n) is 8.77. The fraction of sp³-hybridized carbons (Fsp3) is 0.815. The first-order chi connectivity index (χ1) is 34.8. The fourth-order valence-corrected chi connectivity index (χ4v) is 8.77. The van der Waals surface area contributed by atoms with Gasteiger partial charge < -0.3 is 52.8 Å². The molecule has 9 atom stereocenters. The van der Waals surface area contributed by atoms with Crippen LogP contribution in [0.25, 0.3) is 0 Å². The number of carbonyl (C=O) groups excluding carboxylic acids is 9. The Morgan fingerprint density at radius 3 is 1.35 bits per heavy atom. The van der Waals surface area contributed by atoms with Gasteiger partial charge in [0.2, 0.25) is 47.3 Å². The van der Waals surface area contributed by atoms with E-state index in [0.717, 1.165) is 32.1 Å². The Morgan fingerprint density at radius 1 is 0.527 bits per heavy atom. The number of carboxylic acids is 1. The van der Waals surface area contributed by atoms with Crippen molar-refractivity contribution in [2.24, 2.45) is 35.3 Å². The lowest BCUT2D eigenvalue weighted by molar-refractivity contribution is -0.156. The lowest BCUT2D eigenvalue weighted by Crippen LogP contribution is -2.61. The SMILES string of the molecule is CCCCCCCCCCCCCC1CC(=O)N[C@@H](CCC(N)=O)C(=O)N[C@@H](CC(C)C)C(=O)N[C@H](CC(C)C)C(=O)N[C@@H](C(C)C)C(=O)N[C@@H](CC(=O)O)C(=O)N[C@H](CC(C)C)C(=O)N[C@@H]([C@@H](C)CC)C(=O)O1. The minimum Gasteiger partial charge on any atom is -0.481 e. The first kappa shape index (κ1) is 66.7. The van der Waals surface area contributed by atoms with Crippen molar-refractivity contribution in [2.45, 2.75) is 253 Å². The van der Waals surface area contributed by atoms with Crippen LogP contribution in [0, 0.1) is 29.6 Å². The largest absolute Gasteiger partial charge is 0.481 e. The Morgan fingerprint density at radius 2 is 0.932 bits per heavy atom. The third-order valence-corrected chi connectivity index (χ3v) is 13.2. The van der Waals surface area contributed by atoms with Gasteiger partial charge in [-0.15, -0.1) is 0 Å². The van der Waals surface area contributed by atoms with Gasteiger partial charge in [0, 0.05) is 6.42 Å². The number of carbonyl (C=O) groups is 10. The van der Waals surface area contributed by atoms with Gasteiger partial charge in [0.15, 0.2) is 0 Å². The summed E-state index contributed by atoms with van der Waals surface area (Å²) in [5, 5.41) is 28.5. The number of primary amides is 1. The molecule has 8 amide bonds. The lowest BCUT2D eigenvalue weighted by atomic mass is 9.97. The van der Waals surface area contributed by atoms with Gasteiger partial charge in [-0.3, -0.25) is 43.2 Å². The summed E-state index contributed by atoms with van der Waals surface area (Å²) in [5.74, 6) is -10.4. The molecule has 74 heavy (non-hydrogen) atoms. The van der Waals surface area contributed by atoms with Gasteiger partial charge in [0.05, 0.1) is 12.8 Å². The highest BCUT2D eigenvalue weighted by atomic mass is 16.5. The summed E-state index contributed by atoms with van der Waals surface area (Å²) in [5.41, 5.74) is 5.50. The lowest BCUT2D eigenvalue weighted by Gasteiger charge is -2.30. The summed E-state index contributed by atoms with van der Waals surface area (Å²) in [6.45, 7) is 19.8. The first-order valence-corrected chi connectivity index (χ1v) is 27.6. The molecule has 0 spiro atoms. The van der Waals surface area contributed by atoms with E-state index in [1.54, 1.807) is 34.6 Å². The second-order valence-electron chi connectivity index (χ2n) is 22.0. The number of amides is 8. The second-order valence-corrected chi connectivity index (χ2v) is 22.0. The Bertz CT molecular complexity index is 1810. The first-order valence-electron chi connectivity index (χ1n) is 27.6. The molecule has 0 aromatic carbocycles. The average Bonchev–Trinajstić information content (AvgIpc) is 3.30. The maximum atomic E-state index is 14.3. The Labute approximate surface area is 441 Å². The molecule has 0 aromatic heterocycles. The van der Waals surface area contributed by atoms with Crippen molar-refractivity contribution < 1.29 is 57.8 Å². The zero-order valence-corrected chi connectivity index (χ0v) is 46.7. The molecule has 1 aliphatic rings. The minimum atomic E-state index is -1.72. The molecule has 1 fully saturated rings. The predicted octanol–water partition coefficient (Wildman–Crippen LogP) is 4.98. The molecular formula is C54H96N8O12. The number of ether oxygens (including phenoxy) is 1. The molecule has 10 N–H and O–H groups in total. The molecule has 20 heteroatoms. The summed E-state index contributed by atoms with van der Waals surface area (Å²) in [6, 6.07) is -9.49. The van der Waals surface area contributed by atoms with E-state index < -0.39 is 132 Å². The monoisotopic (exact) mass is 1050 g/mol. The highest BCUT2D eigenvalue weighted by Crippen LogP contribution is 2.20. The van der Waals surface area contributed by atoms with E-state index in [1.807, 2.05) is 34.6 Å². The summed E-state index contributed by atoms with van der Waals surface area (Å²) in [7, 11) is 0. The van der Waals surface area contributed by atoms with Gasteiger partial charge in [-0.2, -0.15) is 0 Å². The van der Waals surface area contributed by atoms with Crippen molar-refractivity contribution in [1.82, 2.24) is 37.2 Å². The standard InChI is InChI=1S/C54H96N8O12/c1-12-14-15-16-17-18-19-20-21-22-23-24-37-30-44(64)56-38(25-26-43(55)63)48(67)57-39(27-32(3)4)49(68)58-40(28-33(5)6)51(70)61-46(35(9)10)53(72)60-42(31-45(65)66)50(69)59-41(29-34(7)8)52(71)62-47(36(11)13-2)54(73)74-37/h32-42,46-47H,12-31H2,1-11H3,(H2,55,63)(H,56,64)(H,57,67)(H,58,68)(H,59,69)(H,60,72)(H,61,70)(H,62,71)(H,65,66)/t36-,37?,38-,39-,40+,41+,42-,46-,47-/m0/s1. The van der Waals surface area contributed by atoms with Crippen molar-refractivity contribution in [2.75, 3.05) is 0 Å². The summed E-state index contributed by atoms with van der Waals surface area (Å²) in [4.78, 5) is 137. The number of nitrogens with two attached hydrogens (primary N) is 1. The third-order valence-electron chi connectivity index (χ3n) is 13.2. The number of cyclic esters (lactones) is 1. The van der Waals surface area contributed by atoms with Gasteiger partial charge in [-0.05, 0) is 68.1 Å². The number of aliphatic carboxylic acids is 1. The summed E-state index contributed by atoms with van der Waals surface area (Å²) in [6.07, 6.45) is 9.70. The van der Waals surface area contributed by atoms with E-state index in [9.17, 15) is 53.1 Å². The van der Waals surface area contributed by atoms with Crippen LogP contribution >= 0.6 is 0 Å². The molecule has 424 valence electrons. The maximum Gasteiger partial charge on any atom is 0.329 e. The molecule has 1 aliphatic heterocycles. The van der Waals surface area contributed by atoms with Crippen LogP contribution in [-0.4, -0.2) is 113 Å². The Kier molecular flexibility index (Phi) is 32.3. The maximum absolute atomic E-state index is 14.3. The molecule has 1 saturated heterocycles. The summed E-state index contributed by atoms with van der Waals surface area (Å²) < 4.78 is 6.09. The highest BCUT2D eigenvalue weighted by Gasteiger charge is 2.38. The molecule has 0 bridgehead atoms. The van der Waals surface area contributed by atoms with Gasteiger partial charge in [0.25, 0.3) is 0 Å². The molecule has 1 unspecified atom stereocenters. The number of rotatable bonds is 26. The molecule has 1 heterocycles. The van der Waals surface area contributed by atoms with Crippen molar-refractivity contribution in [3.8, 4) is 0 Å². The minimum absolute atomic E-state index is 0.0470. The van der Waals surface area contributed by atoms with Crippen LogP contribution in [0.1, 0.15) is 205 Å². The molecule has 1 rings (SSSR count). The number of hydrogen-bond donors (Lipinski definition) is 9. The van der Waals surface area contributed by atoms with E-state index in [0.29, 0.717) is 12.8 Å². The van der Waals surface area contributed by atoms with E-state index in [2.05, 4.69) is 44.1 Å². The zero-order chi connectivity index (χ0) is 56.1.